The van der Waals surface area contributed by atoms with E-state index in [0.29, 0.717) is 0 Å². The molecule has 0 heterocycles. The van der Waals surface area contributed by atoms with Gasteiger partial charge in [-0.1, -0.05) is 0 Å². The molecule has 0 aliphatic carbocycles. The Kier molecular flexibility index (Phi) is 4.50. The van der Waals surface area contributed by atoms with Crippen LogP contribution in [-0.4, -0.2) is 28.9 Å². The van der Waals surface area contributed by atoms with E-state index in [1.165, 1.54) is 0 Å². The molecule has 0 unspecified atom stereocenters. The first-order valence-electron chi connectivity index (χ1n) is 4.72. The smallest absolute Gasteiger partial charge is 0.385 e. The number of hydrogen-bond donors (Lipinski definition) is 1. The van der Waals surface area contributed by atoms with Gasteiger partial charge in [0.05, 0.1) is 6.04 Å². The van der Waals surface area contributed by atoms with Crippen LogP contribution in [-0.2, 0) is 13.3 Å². The number of rotatable bonds is 4. The summed E-state index contributed by atoms with van der Waals surface area (Å²) in [7, 11) is -3.98. The number of hydrogen-bond acceptors (Lipinski definition) is 4. The number of carbonyl (C=O) groups is 1. The molecule has 0 aliphatic rings. The van der Waals surface area contributed by atoms with Gasteiger partial charge >= 0.3 is 14.5 Å². The summed E-state index contributed by atoms with van der Waals surface area (Å²) in [6, 6.07) is -0.577. The van der Waals surface area contributed by atoms with Gasteiger partial charge in [-0.2, -0.15) is 0 Å². The maximum atomic E-state index is 11.3. The maximum Gasteiger partial charge on any atom is 0.385 e. The molecule has 0 aliphatic heterocycles. The molecule has 0 fully saturated rings. The van der Waals surface area contributed by atoms with E-state index in [1.807, 2.05) is 13.1 Å². The average Bonchev–Trinajstić information content (AvgIpc) is 1.78. The summed E-state index contributed by atoms with van der Waals surface area (Å²) in [6.07, 6.45) is 0. The molecule has 14 heavy (non-hydrogen) atoms. The van der Waals surface area contributed by atoms with Crippen LogP contribution >= 0.6 is 0 Å². The second kappa shape index (κ2) is 4.56. The fourth-order valence-electron chi connectivity index (χ4n) is 1.09. The lowest BCUT2D eigenvalue weighted by molar-refractivity contribution is -0.137. The minimum absolute atomic E-state index is 0.375. The van der Waals surface area contributed by atoms with Crippen molar-refractivity contribution in [2.24, 2.45) is 5.73 Å². The van der Waals surface area contributed by atoms with Gasteiger partial charge in [0.25, 0.3) is 0 Å². The van der Waals surface area contributed by atoms with Crippen LogP contribution in [0.5, 0.6) is 0 Å². The Labute approximate surface area is 88.2 Å². The summed E-state index contributed by atoms with van der Waals surface area (Å²) in [4.78, 5) is 11.3. The maximum absolute atomic E-state index is 11.3. The number of carbonyl (C=O) groups excluding carboxylic acids is 1. The zero-order valence-electron chi connectivity index (χ0n) is 9.88. The largest absolute Gasteiger partial charge is 0.494 e. The molecule has 0 saturated carbocycles. The average molecular weight is 235 g/mol. The Morgan fingerprint density at radius 2 is 1.64 bits per heavy atom. The molecule has 0 aromatic carbocycles. The van der Waals surface area contributed by atoms with Crippen molar-refractivity contribution in [2.75, 3.05) is 0 Å². The minimum atomic E-state index is -2.33. The predicted octanol–water partition coefficient (Wildman–Crippen LogP) is 1.43. The summed E-state index contributed by atoms with van der Waals surface area (Å²) in [5, 5.41) is 0. The molecule has 0 spiro atoms. The van der Waals surface area contributed by atoms with Gasteiger partial charge in [-0.15, -0.1) is 0 Å². The highest BCUT2D eigenvalue weighted by Gasteiger charge is 2.35. The molecule has 0 rings (SSSR count). The fourth-order valence-corrected chi connectivity index (χ4v) is 7.83. The first-order valence-corrected chi connectivity index (χ1v) is 10.9. The van der Waals surface area contributed by atoms with Crippen LogP contribution in [0.2, 0.25) is 32.7 Å². The van der Waals surface area contributed by atoms with Crippen molar-refractivity contribution in [3.8, 4) is 0 Å². The van der Waals surface area contributed by atoms with Crippen molar-refractivity contribution < 1.29 is 13.3 Å². The SMILES string of the molecule is C[C@H](N)C(=O)O[Si](C)(C)O[Si](C)(C)C. The van der Waals surface area contributed by atoms with E-state index in [2.05, 4.69) is 19.6 Å². The molecule has 6 heteroatoms. The third-order valence-corrected chi connectivity index (χ3v) is 6.38. The third-order valence-electron chi connectivity index (χ3n) is 1.27. The number of nitrogens with two attached hydrogens (primary N) is 1. The van der Waals surface area contributed by atoms with E-state index >= 15 is 0 Å². The highest BCUT2D eigenvalue weighted by atomic mass is 28.4. The van der Waals surface area contributed by atoms with Crippen LogP contribution in [0.15, 0.2) is 0 Å². The molecular weight excluding hydrogens is 214 g/mol. The second-order valence-corrected chi connectivity index (χ2v) is 12.9. The summed E-state index contributed by atoms with van der Waals surface area (Å²) in [5.74, 6) is -0.375. The monoisotopic (exact) mass is 235 g/mol. The second-order valence-electron chi connectivity index (χ2n) is 4.82. The summed E-state index contributed by atoms with van der Waals surface area (Å²) in [6.45, 7) is 11.6. The molecule has 0 amide bonds. The first-order chi connectivity index (χ1) is 6.03. The van der Waals surface area contributed by atoms with Crippen molar-refractivity contribution in [2.45, 2.75) is 45.7 Å². The quantitative estimate of drug-likeness (QED) is 0.749. The molecule has 0 aromatic rings. The van der Waals surface area contributed by atoms with Crippen LogP contribution in [0.3, 0.4) is 0 Å². The van der Waals surface area contributed by atoms with E-state index in [-0.39, 0.29) is 5.97 Å². The van der Waals surface area contributed by atoms with E-state index < -0.39 is 22.9 Å². The molecule has 0 radical (unpaired) electrons. The van der Waals surface area contributed by atoms with Gasteiger partial charge in [-0.05, 0) is 39.7 Å². The van der Waals surface area contributed by atoms with Crippen molar-refractivity contribution in [1.82, 2.24) is 0 Å². The highest BCUT2D eigenvalue weighted by molar-refractivity contribution is 6.81. The summed E-state index contributed by atoms with van der Waals surface area (Å²) >= 11 is 0. The van der Waals surface area contributed by atoms with Gasteiger partial charge < -0.3 is 14.3 Å². The standard InChI is InChI=1S/C8H21NO3Si2/c1-7(9)8(10)11-14(5,6)12-13(2,3)4/h7H,9H2,1-6H3/t7-/m0/s1. The molecule has 84 valence electrons. The van der Waals surface area contributed by atoms with E-state index in [9.17, 15) is 4.79 Å². The Bertz CT molecular complexity index is 211. The normalized spacial score (nSPS) is 15.1. The van der Waals surface area contributed by atoms with Crippen LogP contribution < -0.4 is 5.73 Å². The van der Waals surface area contributed by atoms with Gasteiger partial charge in [0.2, 0.25) is 0 Å². The Balaban J connectivity index is 4.28. The summed E-state index contributed by atoms with van der Waals surface area (Å²) in [5.41, 5.74) is 5.41. The van der Waals surface area contributed by atoms with Crippen molar-refractivity contribution >= 4 is 22.8 Å². The van der Waals surface area contributed by atoms with E-state index in [1.54, 1.807) is 6.92 Å². The molecular formula is C8H21NO3Si2. The van der Waals surface area contributed by atoms with Crippen LogP contribution in [0.25, 0.3) is 0 Å². The Hall–Kier alpha value is -0.176. The zero-order valence-corrected chi connectivity index (χ0v) is 11.9. The van der Waals surface area contributed by atoms with Crippen molar-refractivity contribution in [1.29, 1.82) is 0 Å². The third kappa shape index (κ3) is 6.30. The van der Waals surface area contributed by atoms with Crippen LogP contribution in [0.4, 0.5) is 0 Å². The molecule has 2 N–H and O–H groups in total. The van der Waals surface area contributed by atoms with Gasteiger partial charge in [0.15, 0.2) is 8.32 Å². The highest BCUT2D eigenvalue weighted by Crippen LogP contribution is 2.15. The minimum Gasteiger partial charge on any atom is -0.494 e. The van der Waals surface area contributed by atoms with Crippen LogP contribution in [0.1, 0.15) is 6.92 Å². The Morgan fingerprint density at radius 1 is 1.21 bits per heavy atom. The Morgan fingerprint density at radius 3 is 1.93 bits per heavy atom. The van der Waals surface area contributed by atoms with E-state index in [4.69, 9.17) is 14.3 Å². The van der Waals surface area contributed by atoms with Crippen LogP contribution in [0, 0.1) is 0 Å². The molecule has 1 atom stereocenters. The first kappa shape index (κ1) is 13.8. The lowest BCUT2D eigenvalue weighted by atomic mass is 10.4. The fraction of sp³-hybridized carbons (Fsp3) is 0.875. The van der Waals surface area contributed by atoms with Gasteiger partial charge in [-0.3, -0.25) is 4.79 Å². The van der Waals surface area contributed by atoms with Gasteiger partial charge in [-0.25, -0.2) is 0 Å². The molecule has 4 nitrogen and oxygen atoms in total. The zero-order chi connectivity index (χ0) is 11.6. The van der Waals surface area contributed by atoms with Crippen molar-refractivity contribution in [3.63, 3.8) is 0 Å². The summed E-state index contributed by atoms with van der Waals surface area (Å²) < 4.78 is 11.1. The molecule has 0 aromatic heterocycles. The predicted molar refractivity (Wildman–Crippen MR) is 61.7 cm³/mol. The van der Waals surface area contributed by atoms with Gasteiger partial charge in [0, 0.05) is 0 Å². The van der Waals surface area contributed by atoms with Crippen molar-refractivity contribution in [3.05, 3.63) is 0 Å². The lowest BCUT2D eigenvalue weighted by Crippen LogP contribution is -2.48. The molecule has 0 bridgehead atoms. The topological polar surface area (TPSA) is 61.6 Å². The molecule has 0 saturated heterocycles. The van der Waals surface area contributed by atoms with Gasteiger partial charge in [0.1, 0.15) is 0 Å². The lowest BCUT2D eigenvalue weighted by Gasteiger charge is -2.30. The van der Waals surface area contributed by atoms with E-state index in [0.717, 1.165) is 0 Å².